The fourth-order valence-corrected chi connectivity index (χ4v) is 1.73. The fraction of sp³-hybridized carbons (Fsp3) is 0.300. The lowest BCUT2D eigenvalue weighted by Gasteiger charge is -2.10. The van der Waals surface area contributed by atoms with Crippen LogP contribution in [0, 0.1) is 0 Å². The molecule has 0 fully saturated rings. The van der Waals surface area contributed by atoms with E-state index in [0.717, 1.165) is 5.56 Å². The number of ketones is 1. The van der Waals surface area contributed by atoms with E-state index >= 15 is 0 Å². The van der Waals surface area contributed by atoms with Gasteiger partial charge in [0.25, 0.3) is 0 Å². The number of carbonyl (C=O) groups is 1. The molecular formula is C10H9Br2FO2. The number of alkyl halides is 2. The predicted molar refractivity (Wildman–Crippen MR) is 63.1 cm³/mol. The van der Waals surface area contributed by atoms with Crippen molar-refractivity contribution in [2.75, 3.05) is 6.86 Å². The fourth-order valence-electron chi connectivity index (χ4n) is 1.08. The van der Waals surface area contributed by atoms with Crippen LogP contribution in [0.1, 0.15) is 17.3 Å². The number of benzene rings is 1. The summed E-state index contributed by atoms with van der Waals surface area (Å²) in [6, 6.07) is 5.12. The zero-order valence-corrected chi connectivity index (χ0v) is 11.1. The summed E-state index contributed by atoms with van der Waals surface area (Å²) in [5, 5.41) is 0. The summed E-state index contributed by atoms with van der Waals surface area (Å²) in [5.41, 5.74) is 0.745. The molecule has 1 aromatic rings. The van der Waals surface area contributed by atoms with Gasteiger partial charge in [0.15, 0.2) is 0 Å². The van der Waals surface area contributed by atoms with E-state index in [1.54, 1.807) is 18.2 Å². The Morgan fingerprint density at radius 2 is 2.27 bits per heavy atom. The van der Waals surface area contributed by atoms with Gasteiger partial charge >= 0.3 is 0 Å². The molecule has 0 aliphatic rings. The highest BCUT2D eigenvalue weighted by molar-refractivity contribution is 9.10. The first kappa shape index (κ1) is 12.6. The summed E-state index contributed by atoms with van der Waals surface area (Å²) in [5.74, 6) is 0.379. The van der Waals surface area contributed by atoms with E-state index in [-0.39, 0.29) is 10.6 Å². The van der Waals surface area contributed by atoms with Crippen LogP contribution in [0.5, 0.6) is 5.75 Å². The maximum absolute atomic E-state index is 12.0. The van der Waals surface area contributed by atoms with Crippen molar-refractivity contribution in [2.45, 2.75) is 11.8 Å². The Morgan fingerprint density at radius 3 is 2.80 bits per heavy atom. The largest absolute Gasteiger partial charge is 0.462 e. The van der Waals surface area contributed by atoms with Crippen molar-refractivity contribution < 1.29 is 13.9 Å². The van der Waals surface area contributed by atoms with Crippen molar-refractivity contribution in [3.05, 3.63) is 28.2 Å². The first-order valence-corrected chi connectivity index (χ1v) is 5.90. The first-order valence-electron chi connectivity index (χ1n) is 4.19. The van der Waals surface area contributed by atoms with Gasteiger partial charge in [-0.05, 0) is 40.5 Å². The summed E-state index contributed by atoms with van der Waals surface area (Å²) in [6.07, 6.45) is 0. The SMILES string of the molecule is CC(=O)C(Br)c1ccc(Br)c(OCF)c1. The normalized spacial score (nSPS) is 12.3. The predicted octanol–water partition coefficient (Wildman–Crippen LogP) is 3.78. The van der Waals surface area contributed by atoms with Gasteiger partial charge in [0.2, 0.25) is 6.86 Å². The quantitative estimate of drug-likeness (QED) is 0.780. The average molecular weight is 340 g/mol. The van der Waals surface area contributed by atoms with E-state index < -0.39 is 6.86 Å². The number of rotatable bonds is 4. The number of carbonyl (C=O) groups excluding carboxylic acids is 1. The molecule has 2 nitrogen and oxygen atoms in total. The number of ether oxygens (including phenoxy) is 1. The van der Waals surface area contributed by atoms with Crippen LogP contribution in [0.15, 0.2) is 22.7 Å². The molecular weight excluding hydrogens is 331 g/mol. The minimum absolute atomic E-state index is 0.0106. The highest BCUT2D eigenvalue weighted by Crippen LogP contribution is 2.32. The van der Waals surface area contributed by atoms with Gasteiger partial charge in [-0.25, -0.2) is 4.39 Å². The smallest absolute Gasteiger partial charge is 0.228 e. The van der Waals surface area contributed by atoms with Gasteiger partial charge in [-0.15, -0.1) is 0 Å². The van der Waals surface area contributed by atoms with E-state index in [1.807, 2.05) is 0 Å². The molecule has 0 N–H and O–H groups in total. The van der Waals surface area contributed by atoms with Gasteiger partial charge < -0.3 is 4.74 Å². The van der Waals surface area contributed by atoms with Gasteiger partial charge in [0, 0.05) is 0 Å². The second kappa shape index (κ2) is 5.61. The lowest BCUT2D eigenvalue weighted by Crippen LogP contribution is -2.01. The molecule has 0 saturated heterocycles. The molecule has 5 heteroatoms. The van der Waals surface area contributed by atoms with Gasteiger partial charge in [0.1, 0.15) is 11.5 Å². The molecule has 0 aliphatic heterocycles. The number of hydrogen-bond donors (Lipinski definition) is 0. The second-order valence-corrected chi connectivity index (χ2v) is 4.69. The van der Waals surface area contributed by atoms with Crippen molar-refractivity contribution in [3.63, 3.8) is 0 Å². The van der Waals surface area contributed by atoms with E-state index in [4.69, 9.17) is 4.74 Å². The average Bonchev–Trinajstić information content (AvgIpc) is 2.20. The van der Waals surface area contributed by atoms with Gasteiger partial charge in [-0.3, -0.25) is 4.79 Å². The van der Waals surface area contributed by atoms with E-state index in [2.05, 4.69) is 31.9 Å². The Labute approximate surface area is 104 Å². The molecule has 0 amide bonds. The Balaban J connectivity index is 3.01. The van der Waals surface area contributed by atoms with E-state index in [0.29, 0.717) is 10.2 Å². The molecule has 0 heterocycles. The Kier molecular flexibility index (Phi) is 4.73. The Morgan fingerprint density at radius 1 is 1.60 bits per heavy atom. The van der Waals surface area contributed by atoms with Gasteiger partial charge in [-0.1, -0.05) is 22.0 Å². The summed E-state index contributed by atoms with van der Waals surface area (Å²) < 4.78 is 17.4. The summed E-state index contributed by atoms with van der Waals surface area (Å²) >= 11 is 6.47. The zero-order chi connectivity index (χ0) is 11.4. The third kappa shape index (κ3) is 3.28. The van der Waals surface area contributed by atoms with Crippen LogP contribution in [-0.2, 0) is 4.79 Å². The first-order chi connectivity index (χ1) is 7.06. The third-order valence-electron chi connectivity index (χ3n) is 1.81. The van der Waals surface area contributed by atoms with Crippen LogP contribution < -0.4 is 4.74 Å². The van der Waals surface area contributed by atoms with Crippen molar-refractivity contribution in [1.29, 1.82) is 0 Å². The highest BCUT2D eigenvalue weighted by Gasteiger charge is 2.14. The Hall–Kier alpha value is -0.420. The van der Waals surface area contributed by atoms with Crippen LogP contribution in [0.2, 0.25) is 0 Å². The molecule has 0 saturated carbocycles. The lowest BCUT2D eigenvalue weighted by atomic mass is 10.1. The molecule has 1 unspecified atom stereocenters. The molecule has 0 aromatic heterocycles. The lowest BCUT2D eigenvalue weighted by molar-refractivity contribution is -0.116. The van der Waals surface area contributed by atoms with E-state index in [1.165, 1.54) is 6.92 Å². The van der Waals surface area contributed by atoms with Crippen LogP contribution in [0.4, 0.5) is 4.39 Å². The van der Waals surface area contributed by atoms with Crippen LogP contribution in [0.3, 0.4) is 0 Å². The number of halogens is 3. The third-order valence-corrected chi connectivity index (χ3v) is 3.64. The van der Waals surface area contributed by atoms with Crippen molar-refractivity contribution in [3.8, 4) is 5.75 Å². The molecule has 0 aliphatic carbocycles. The molecule has 0 radical (unpaired) electrons. The Bertz CT molecular complexity index is 368. The topological polar surface area (TPSA) is 26.3 Å². The van der Waals surface area contributed by atoms with Crippen molar-refractivity contribution in [1.82, 2.24) is 0 Å². The second-order valence-electron chi connectivity index (χ2n) is 2.92. The maximum Gasteiger partial charge on any atom is 0.228 e. The van der Waals surface area contributed by atoms with Gasteiger partial charge in [0.05, 0.1) is 9.30 Å². The van der Waals surface area contributed by atoms with Crippen LogP contribution >= 0.6 is 31.9 Å². The monoisotopic (exact) mass is 338 g/mol. The molecule has 1 rings (SSSR count). The highest BCUT2D eigenvalue weighted by atomic mass is 79.9. The zero-order valence-electron chi connectivity index (χ0n) is 7.97. The van der Waals surface area contributed by atoms with Gasteiger partial charge in [-0.2, -0.15) is 0 Å². The summed E-state index contributed by atoms with van der Waals surface area (Å²) in [7, 11) is 0. The standard InChI is InChI=1S/C10H9Br2FO2/c1-6(14)10(12)7-2-3-8(11)9(4-7)15-5-13/h2-4,10H,5H2,1H3. The van der Waals surface area contributed by atoms with Crippen LogP contribution in [-0.4, -0.2) is 12.6 Å². The summed E-state index contributed by atoms with van der Waals surface area (Å²) in [4.78, 5) is 10.7. The summed E-state index contributed by atoms with van der Waals surface area (Å²) in [6.45, 7) is 0.590. The van der Waals surface area contributed by atoms with Crippen LogP contribution in [0.25, 0.3) is 0 Å². The molecule has 1 aromatic carbocycles. The molecule has 1 atom stereocenters. The minimum Gasteiger partial charge on any atom is -0.462 e. The number of hydrogen-bond acceptors (Lipinski definition) is 2. The van der Waals surface area contributed by atoms with Crippen molar-refractivity contribution >= 4 is 37.6 Å². The van der Waals surface area contributed by atoms with E-state index in [9.17, 15) is 9.18 Å². The maximum atomic E-state index is 12.0. The minimum atomic E-state index is -0.894. The molecule has 15 heavy (non-hydrogen) atoms. The number of Topliss-reactive ketones (excluding diaryl/α,β-unsaturated/α-hetero) is 1. The molecule has 0 bridgehead atoms. The molecule has 82 valence electrons. The van der Waals surface area contributed by atoms with Crippen molar-refractivity contribution in [2.24, 2.45) is 0 Å². The molecule has 0 spiro atoms.